The number of hydrogen-bond donors (Lipinski definition) is 4. The molecule has 0 aromatic rings. The zero-order valence-electron chi connectivity index (χ0n) is 9.62. The maximum absolute atomic E-state index is 8.57. The van der Waals surface area contributed by atoms with E-state index < -0.39 is 11.6 Å². The topological polar surface area (TPSA) is 80.9 Å². The molecule has 0 atom stereocenters. The van der Waals surface area contributed by atoms with Gasteiger partial charge in [0.15, 0.2) is 11.6 Å². The standard InChI is InChI=1S/2C5H12O2/c2*1-3-4-5(2,6)7/h2*6-7H,3-4H2,1-2H3. The number of hydrogen-bond acceptors (Lipinski definition) is 4. The molecule has 0 aliphatic heterocycles. The minimum absolute atomic E-state index is 0.451. The first-order valence-corrected chi connectivity index (χ1v) is 5.02. The summed E-state index contributed by atoms with van der Waals surface area (Å²) in [6, 6.07) is 0. The lowest BCUT2D eigenvalue weighted by atomic mass is 10.2. The van der Waals surface area contributed by atoms with Crippen LogP contribution >= 0.6 is 0 Å². The van der Waals surface area contributed by atoms with Crippen molar-refractivity contribution < 1.29 is 20.4 Å². The molecule has 0 spiro atoms. The predicted octanol–water partition coefficient (Wildman–Crippen LogP) is 0.975. The first-order chi connectivity index (χ1) is 6.12. The monoisotopic (exact) mass is 208 g/mol. The Morgan fingerprint density at radius 3 is 0.929 bits per heavy atom. The lowest BCUT2D eigenvalue weighted by molar-refractivity contribution is -0.150. The number of rotatable bonds is 4. The van der Waals surface area contributed by atoms with Crippen molar-refractivity contribution in [1.82, 2.24) is 0 Å². The summed E-state index contributed by atoms with van der Waals surface area (Å²) in [7, 11) is 0. The second kappa shape index (κ2) is 7.17. The quantitative estimate of drug-likeness (QED) is 0.519. The summed E-state index contributed by atoms with van der Waals surface area (Å²) in [5.41, 5.74) is 0. The molecule has 0 saturated carbocycles. The largest absolute Gasteiger partial charge is 0.366 e. The Hall–Kier alpha value is -0.160. The minimum Gasteiger partial charge on any atom is -0.366 e. The highest BCUT2D eigenvalue weighted by atomic mass is 16.5. The zero-order chi connectivity index (χ0) is 11.8. The van der Waals surface area contributed by atoms with E-state index in [1.165, 1.54) is 13.8 Å². The van der Waals surface area contributed by atoms with E-state index in [0.717, 1.165) is 12.8 Å². The smallest absolute Gasteiger partial charge is 0.159 e. The molecule has 4 nitrogen and oxygen atoms in total. The SMILES string of the molecule is CCCC(C)(O)O.CCCC(C)(O)O. The fourth-order valence-electron chi connectivity index (χ4n) is 0.947. The Labute approximate surface area is 86.2 Å². The molecule has 0 bridgehead atoms. The third-order valence-corrected chi connectivity index (χ3v) is 1.45. The molecule has 0 aliphatic rings. The van der Waals surface area contributed by atoms with Gasteiger partial charge in [-0.1, -0.05) is 26.7 Å². The van der Waals surface area contributed by atoms with E-state index in [2.05, 4.69) is 0 Å². The van der Waals surface area contributed by atoms with Crippen molar-refractivity contribution in [2.24, 2.45) is 0 Å². The van der Waals surface area contributed by atoms with Gasteiger partial charge < -0.3 is 20.4 Å². The molecule has 0 aliphatic carbocycles. The van der Waals surface area contributed by atoms with Crippen LogP contribution in [0.1, 0.15) is 53.4 Å². The van der Waals surface area contributed by atoms with Crippen LogP contribution in [0.3, 0.4) is 0 Å². The molecule has 4 heteroatoms. The fourth-order valence-corrected chi connectivity index (χ4v) is 0.947. The van der Waals surface area contributed by atoms with Gasteiger partial charge in [0.05, 0.1) is 0 Å². The van der Waals surface area contributed by atoms with Crippen molar-refractivity contribution in [3.05, 3.63) is 0 Å². The molecule has 4 N–H and O–H groups in total. The normalized spacial score (nSPS) is 12.0. The fraction of sp³-hybridized carbons (Fsp3) is 1.00. The van der Waals surface area contributed by atoms with Crippen molar-refractivity contribution in [3.63, 3.8) is 0 Å². The van der Waals surface area contributed by atoms with E-state index in [-0.39, 0.29) is 0 Å². The van der Waals surface area contributed by atoms with E-state index in [4.69, 9.17) is 20.4 Å². The lowest BCUT2D eigenvalue weighted by Gasteiger charge is -2.12. The summed E-state index contributed by atoms with van der Waals surface area (Å²) in [6.07, 6.45) is 2.52. The third kappa shape index (κ3) is 22.6. The van der Waals surface area contributed by atoms with Gasteiger partial charge in [-0.25, -0.2) is 0 Å². The van der Waals surface area contributed by atoms with Crippen LogP contribution in [0, 0.1) is 0 Å². The van der Waals surface area contributed by atoms with Gasteiger partial charge in [-0.15, -0.1) is 0 Å². The van der Waals surface area contributed by atoms with E-state index in [1.54, 1.807) is 0 Å². The van der Waals surface area contributed by atoms with Gasteiger partial charge in [-0.3, -0.25) is 0 Å². The van der Waals surface area contributed by atoms with E-state index in [9.17, 15) is 0 Å². The van der Waals surface area contributed by atoms with Crippen molar-refractivity contribution in [2.45, 2.75) is 65.0 Å². The van der Waals surface area contributed by atoms with Crippen LogP contribution in [0.2, 0.25) is 0 Å². The van der Waals surface area contributed by atoms with Crippen molar-refractivity contribution in [3.8, 4) is 0 Å². The molecule has 0 unspecified atom stereocenters. The van der Waals surface area contributed by atoms with E-state index >= 15 is 0 Å². The Balaban J connectivity index is 0. The zero-order valence-corrected chi connectivity index (χ0v) is 9.62. The Morgan fingerprint density at radius 2 is 0.929 bits per heavy atom. The van der Waals surface area contributed by atoms with Gasteiger partial charge in [0.1, 0.15) is 0 Å². The van der Waals surface area contributed by atoms with Gasteiger partial charge >= 0.3 is 0 Å². The molecule has 0 heterocycles. The van der Waals surface area contributed by atoms with Crippen molar-refractivity contribution in [2.75, 3.05) is 0 Å². The number of aliphatic hydroxyl groups is 4. The molecule has 0 rings (SSSR count). The summed E-state index contributed by atoms with van der Waals surface area (Å²) < 4.78 is 0. The summed E-state index contributed by atoms with van der Waals surface area (Å²) >= 11 is 0. The lowest BCUT2D eigenvalue weighted by Crippen LogP contribution is -2.21. The molecule has 0 radical (unpaired) electrons. The average Bonchev–Trinajstić information content (AvgIpc) is 1.81. The first kappa shape index (κ1) is 16.3. The highest BCUT2D eigenvalue weighted by molar-refractivity contribution is 4.52. The Bertz CT molecular complexity index is 105. The van der Waals surface area contributed by atoms with Crippen LogP contribution in [0.25, 0.3) is 0 Å². The molecule has 0 aromatic heterocycles. The summed E-state index contributed by atoms with van der Waals surface area (Å²) in [5.74, 6) is -2.90. The maximum atomic E-state index is 8.57. The Kier molecular flexibility index (Phi) is 8.34. The second-order valence-corrected chi connectivity index (χ2v) is 3.93. The summed E-state index contributed by atoms with van der Waals surface area (Å²) in [4.78, 5) is 0. The summed E-state index contributed by atoms with van der Waals surface area (Å²) in [6.45, 7) is 6.59. The van der Waals surface area contributed by atoms with Gasteiger partial charge in [-0.05, 0) is 13.8 Å². The third-order valence-electron chi connectivity index (χ3n) is 1.45. The van der Waals surface area contributed by atoms with E-state index in [0.29, 0.717) is 12.8 Å². The Morgan fingerprint density at radius 1 is 0.714 bits per heavy atom. The van der Waals surface area contributed by atoms with E-state index in [1.807, 2.05) is 13.8 Å². The van der Waals surface area contributed by atoms with Gasteiger partial charge in [0.2, 0.25) is 0 Å². The van der Waals surface area contributed by atoms with Gasteiger partial charge in [-0.2, -0.15) is 0 Å². The van der Waals surface area contributed by atoms with Crippen LogP contribution in [0.15, 0.2) is 0 Å². The summed E-state index contributed by atoms with van der Waals surface area (Å²) in [5, 5.41) is 34.3. The van der Waals surface area contributed by atoms with Gasteiger partial charge in [0.25, 0.3) is 0 Å². The van der Waals surface area contributed by atoms with Crippen LogP contribution in [-0.2, 0) is 0 Å². The second-order valence-electron chi connectivity index (χ2n) is 3.93. The van der Waals surface area contributed by atoms with Crippen molar-refractivity contribution >= 4 is 0 Å². The molecule has 14 heavy (non-hydrogen) atoms. The molecule has 0 saturated heterocycles. The van der Waals surface area contributed by atoms with Crippen LogP contribution < -0.4 is 0 Å². The highest BCUT2D eigenvalue weighted by Crippen LogP contribution is 2.05. The maximum Gasteiger partial charge on any atom is 0.159 e. The van der Waals surface area contributed by atoms with Gasteiger partial charge in [0, 0.05) is 12.8 Å². The first-order valence-electron chi connectivity index (χ1n) is 5.02. The average molecular weight is 208 g/mol. The predicted molar refractivity (Wildman–Crippen MR) is 55.5 cm³/mol. The van der Waals surface area contributed by atoms with Crippen LogP contribution in [0.4, 0.5) is 0 Å². The highest BCUT2D eigenvalue weighted by Gasteiger charge is 2.11. The minimum atomic E-state index is -1.45. The van der Waals surface area contributed by atoms with Crippen LogP contribution in [0.5, 0.6) is 0 Å². The molecule has 0 aromatic carbocycles. The molecule has 0 amide bonds. The molecular weight excluding hydrogens is 184 g/mol. The van der Waals surface area contributed by atoms with Crippen LogP contribution in [-0.4, -0.2) is 32.0 Å². The molecular formula is C10H24O4. The molecule has 0 fully saturated rings. The molecule has 88 valence electrons. The van der Waals surface area contributed by atoms with Crippen molar-refractivity contribution in [1.29, 1.82) is 0 Å².